The molecular weight excluding hydrogens is 162 g/mol. The lowest BCUT2D eigenvalue weighted by Crippen LogP contribution is -2.18. The van der Waals surface area contributed by atoms with Crippen LogP contribution in [-0.4, -0.2) is 8.42 Å². The average Bonchev–Trinajstić information content (AvgIpc) is 1.85. The number of allylic oxidation sites excluding steroid dienone is 2. The van der Waals surface area contributed by atoms with Gasteiger partial charge in [-0.1, -0.05) is 19.6 Å². The van der Waals surface area contributed by atoms with Crippen molar-refractivity contribution in [1.82, 2.24) is 0 Å². The van der Waals surface area contributed by atoms with Gasteiger partial charge in [-0.3, -0.25) is 0 Å². The van der Waals surface area contributed by atoms with Crippen LogP contribution in [0.2, 0.25) is 0 Å². The monoisotopic (exact) mass is 175 g/mol. The van der Waals surface area contributed by atoms with Crippen molar-refractivity contribution in [3.63, 3.8) is 0 Å². The summed E-state index contributed by atoms with van der Waals surface area (Å²) in [5, 5.41) is 4.85. The number of hydrogen-bond donors (Lipinski definition) is 1. The van der Waals surface area contributed by atoms with E-state index in [9.17, 15) is 8.42 Å². The lowest BCUT2D eigenvalue weighted by molar-refractivity contribution is 0.593. The van der Waals surface area contributed by atoms with E-state index in [4.69, 9.17) is 5.14 Å². The van der Waals surface area contributed by atoms with E-state index in [-0.39, 0.29) is 10.8 Å². The molecule has 0 heterocycles. The van der Waals surface area contributed by atoms with Crippen LogP contribution in [0.25, 0.3) is 0 Å². The van der Waals surface area contributed by atoms with Crippen LogP contribution in [0.5, 0.6) is 0 Å². The molecule has 0 fully saturated rings. The number of nitrogens with two attached hydrogens (primary N) is 1. The molecular formula is C7H13NO2S. The number of hydrogen-bond acceptors (Lipinski definition) is 2. The predicted octanol–water partition coefficient (Wildman–Crippen LogP) is 1.00. The third kappa shape index (κ3) is 3.34. The Morgan fingerprint density at radius 1 is 1.73 bits per heavy atom. The average molecular weight is 175 g/mol. The van der Waals surface area contributed by atoms with Gasteiger partial charge in [0.1, 0.15) is 0 Å². The van der Waals surface area contributed by atoms with Gasteiger partial charge in [0, 0.05) is 0 Å². The van der Waals surface area contributed by atoms with E-state index < -0.39 is 10.0 Å². The van der Waals surface area contributed by atoms with E-state index in [1.54, 1.807) is 13.0 Å². The Bertz CT molecular complexity index is 254. The Labute approximate surface area is 67.7 Å². The first kappa shape index (κ1) is 10.4. The lowest BCUT2D eigenvalue weighted by Gasteiger charge is -2.08. The molecule has 0 aliphatic heterocycles. The predicted molar refractivity (Wildman–Crippen MR) is 46.2 cm³/mol. The topological polar surface area (TPSA) is 60.2 Å². The SMILES string of the molecule is C=CCC(C)C(=C)S(N)(=O)=O. The van der Waals surface area contributed by atoms with Crippen molar-refractivity contribution in [3.8, 4) is 0 Å². The first-order valence-electron chi connectivity index (χ1n) is 3.22. The molecule has 0 aromatic carbocycles. The zero-order chi connectivity index (χ0) is 9.07. The molecule has 3 nitrogen and oxygen atoms in total. The van der Waals surface area contributed by atoms with Crippen molar-refractivity contribution in [1.29, 1.82) is 0 Å². The fourth-order valence-electron chi connectivity index (χ4n) is 0.662. The highest BCUT2D eigenvalue weighted by Crippen LogP contribution is 2.16. The fraction of sp³-hybridized carbons (Fsp3) is 0.429. The summed E-state index contributed by atoms with van der Waals surface area (Å²) in [4.78, 5) is 0.0670. The van der Waals surface area contributed by atoms with Gasteiger partial charge >= 0.3 is 0 Å². The smallest absolute Gasteiger partial charge is 0.225 e. The van der Waals surface area contributed by atoms with Crippen LogP contribution in [0.15, 0.2) is 24.1 Å². The van der Waals surface area contributed by atoms with Crippen molar-refractivity contribution in [2.75, 3.05) is 0 Å². The second-order valence-corrected chi connectivity index (χ2v) is 4.05. The van der Waals surface area contributed by atoms with Crippen LogP contribution in [0.3, 0.4) is 0 Å². The molecule has 0 aromatic rings. The summed E-state index contributed by atoms with van der Waals surface area (Å²) < 4.78 is 21.4. The summed E-state index contributed by atoms with van der Waals surface area (Å²) in [6.45, 7) is 8.62. The minimum atomic E-state index is -3.57. The standard InChI is InChI=1S/C7H13NO2S/c1-4-5-6(2)7(3)11(8,9)10/h4,6H,1,3,5H2,2H3,(H2,8,9,10). The molecule has 4 heteroatoms. The van der Waals surface area contributed by atoms with Gasteiger partial charge in [-0.25, -0.2) is 13.6 Å². The van der Waals surface area contributed by atoms with E-state index in [0.717, 1.165) is 0 Å². The second-order valence-electron chi connectivity index (χ2n) is 2.44. The Morgan fingerprint density at radius 2 is 2.18 bits per heavy atom. The Balaban J connectivity index is 4.38. The molecule has 0 saturated heterocycles. The molecule has 0 rings (SSSR count). The van der Waals surface area contributed by atoms with Crippen molar-refractivity contribution in [2.24, 2.45) is 11.1 Å². The second kappa shape index (κ2) is 3.69. The summed E-state index contributed by atoms with van der Waals surface area (Å²) in [5.41, 5.74) is 0. The first-order chi connectivity index (χ1) is 4.89. The van der Waals surface area contributed by atoms with Crippen LogP contribution in [0.1, 0.15) is 13.3 Å². The summed E-state index contributed by atoms with van der Waals surface area (Å²) in [6.07, 6.45) is 2.22. The quantitative estimate of drug-likeness (QED) is 0.648. The van der Waals surface area contributed by atoms with Crippen LogP contribution < -0.4 is 5.14 Å². The number of rotatable bonds is 4. The largest absolute Gasteiger partial charge is 0.233 e. The molecule has 0 aliphatic carbocycles. The molecule has 11 heavy (non-hydrogen) atoms. The zero-order valence-corrected chi connectivity index (χ0v) is 7.39. The highest BCUT2D eigenvalue weighted by molar-refractivity contribution is 7.93. The Morgan fingerprint density at radius 3 is 2.45 bits per heavy atom. The van der Waals surface area contributed by atoms with Gasteiger partial charge in [-0.05, 0) is 12.3 Å². The Kier molecular flexibility index (Phi) is 3.48. The summed E-state index contributed by atoms with van der Waals surface area (Å²) in [6, 6.07) is 0. The van der Waals surface area contributed by atoms with E-state index in [0.29, 0.717) is 6.42 Å². The minimum absolute atomic E-state index is 0.0670. The Hall–Kier alpha value is -0.610. The van der Waals surface area contributed by atoms with Crippen molar-refractivity contribution in [2.45, 2.75) is 13.3 Å². The molecule has 0 spiro atoms. The van der Waals surface area contributed by atoms with Gasteiger partial charge in [0.15, 0.2) is 0 Å². The molecule has 1 atom stereocenters. The maximum Gasteiger partial charge on any atom is 0.233 e. The van der Waals surface area contributed by atoms with Gasteiger partial charge < -0.3 is 0 Å². The summed E-state index contributed by atoms with van der Waals surface area (Å²) in [7, 11) is -3.57. The van der Waals surface area contributed by atoms with Gasteiger partial charge in [0.2, 0.25) is 10.0 Å². The third-order valence-electron chi connectivity index (χ3n) is 1.44. The molecule has 0 aromatic heterocycles. The van der Waals surface area contributed by atoms with E-state index >= 15 is 0 Å². The van der Waals surface area contributed by atoms with Gasteiger partial charge in [-0.2, -0.15) is 0 Å². The van der Waals surface area contributed by atoms with Crippen LogP contribution in [0.4, 0.5) is 0 Å². The maximum atomic E-state index is 10.7. The van der Waals surface area contributed by atoms with Crippen molar-refractivity contribution < 1.29 is 8.42 Å². The molecule has 0 radical (unpaired) electrons. The number of sulfonamides is 1. The molecule has 1 unspecified atom stereocenters. The fourth-order valence-corrected chi connectivity index (χ4v) is 1.32. The molecule has 2 N–H and O–H groups in total. The van der Waals surface area contributed by atoms with Crippen molar-refractivity contribution >= 4 is 10.0 Å². The normalized spacial score (nSPS) is 14.0. The van der Waals surface area contributed by atoms with E-state index in [1.807, 2.05) is 0 Å². The lowest BCUT2D eigenvalue weighted by atomic mass is 10.1. The number of primary sulfonamides is 1. The van der Waals surface area contributed by atoms with Crippen LogP contribution in [0, 0.1) is 5.92 Å². The minimum Gasteiger partial charge on any atom is -0.225 e. The van der Waals surface area contributed by atoms with Crippen molar-refractivity contribution in [3.05, 3.63) is 24.1 Å². The van der Waals surface area contributed by atoms with Crippen LogP contribution >= 0.6 is 0 Å². The highest BCUT2D eigenvalue weighted by Gasteiger charge is 2.15. The zero-order valence-electron chi connectivity index (χ0n) is 6.58. The van der Waals surface area contributed by atoms with Gasteiger partial charge in [0.05, 0.1) is 4.91 Å². The molecule has 0 bridgehead atoms. The highest BCUT2D eigenvalue weighted by atomic mass is 32.2. The molecule has 0 saturated carbocycles. The molecule has 64 valence electrons. The third-order valence-corrected chi connectivity index (χ3v) is 2.57. The van der Waals surface area contributed by atoms with Crippen LogP contribution in [-0.2, 0) is 10.0 Å². The summed E-state index contributed by atoms with van der Waals surface area (Å²) in [5.74, 6) is -0.150. The summed E-state index contributed by atoms with van der Waals surface area (Å²) >= 11 is 0. The molecule has 0 amide bonds. The maximum absolute atomic E-state index is 10.7. The van der Waals surface area contributed by atoms with Gasteiger partial charge in [0.25, 0.3) is 0 Å². The van der Waals surface area contributed by atoms with E-state index in [1.165, 1.54) is 0 Å². The first-order valence-corrected chi connectivity index (χ1v) is 4.76. The molecule has 0 aliphatic rings. The van der Waals surface area contributed by atoms with Gasteiger partial charge in [-0.15, -0.1) is 6.58 Å². The van der Waals surface area contributed by atoms with E-state index in [2.05, 4.69) is 13.2 Å².